The Morgan fingerprint density at radius 2 is 1.90 bits per heavy atom. The maximum absolute atomic E-state index is 12.7. The average molecular weight is 413 g/mol. The van der Waals surface area contributed by atoms with Crippen molar-refractivity contribution in [3.63, 3.8) is 0 Å². The van der Waals surface area contributed by atoms with E-state index in [9.17, 15) is 9.59 Å². The van der Waals surface area contributed by atoms with Crippen LogP contribution >= 0.6 is 0 Å². The van der Waals surface area contributed by atoms with Gasteiger partial charge in [0.25, 0.3) is 11.5 Å². The summed E-state index contributed by atoms with van der Waals surface area (Å²) in [5.74, 6) is 0.345. The molecular formula is C24H23N5O2. The molecule has 4 aromatic rings. The second-order valence-electron chi connectivity index (χ2n) is 9.21. The maximum Gasteiger partial charge on any atom is 0.272 e. The summed E-state index contributed by atoms with van der Waals surface area (Å²) in [6, 6.07) is 13.6. The van der Waals surface area contributed by atoms with E-state index in [1.54, 1.807) is 10.9 Å². The number of rotatable bonds is 3. The van der Waals surface area contributed by atoms with E-state index < -0.39 is 0 Å². The molecule has 156 valence electrons. The highest BCUT2D eigenvalue weighted by Gasteiger charge is 2.54. The maximum atomic E-state index is 12.7. The molecule has 7 nitrogen and oxygen atoms in total. The van der Waals surface area contributed by atoms with Gasteiger partial charge in [0.2, 0.25) is 0 Å². The second kappa shape index (κ2) is 6.51. The minimum atomic E-state index is -0.135. The quantitative estimate of drug-likeness (QED) is 0.539. The van der Waals surface area contributed by atoms with Gasteiger partial charge < -0.3 is 5.32 Å². The van der Waals surface area contributed by atoms with Crippen LogP contribution in [0.4, 0.5) is 0 Å². The van der Waals surface area contributed by atoms with Gasteiger partial charge in [-0.1, -0.05) is 24.3 Å². The van der Waals surface area contributed by atoms with Gasteiger partial charge >= 0.3 is 0 Å². The van der Waals surface area contributed by atoms with Gasteiger partial charge in [-0.3, -0.25) is 14.3 Å². The van der Waals surface area contributed by atoms with E-state index in [4.69, 9.17) is 0 Å². The Hall–Kier alpha value is -3.48. The summed E-state index contributed by atoms with van der Waals surface area (Å²) in [5.41, 5.74) is 2.79. The SMILES string of the molecule is Cn1ncc2ccc(C(=O)NC3CC4(C3)CC(c3n[nH]c(=O)c5ccccc35)C4)cc21. The topological polar surface area (TPSA) is 92.7 Å². The molecule has 0 radical (unpaired) electrons. The highest BCUT2D eigenvalue weighted by molar-refractivity contribution is 5.98. The minimum Gasteiger partial charge on any atom is -0.349 e. The van der Waals surface area contributed by atoms with Crippen molar-refractivity contribution in [2.45, 2.75) is 37.6 Å². The fraction of sp³-hybridized carbons (Fsp3) is 0.333. The van der Waals surface area contributed by atoms with Gasteiger partial charge in [-0.2, -0.15) is 10.2 Å². The van der Waals surface area contributed by atoms with Crippen LogP contribution < -0.4 is 10.9 Å². The smallest absolute Gasteiger partial charge is 0.272 e. The summed E-state index contributed by atoms with van der Waals surface area (Å²) in [7, 11) is 1.88. The van der Waals surface area contributed by atoms with Crippen LogP contribution in [0.1, 0.15) is 47.7 Å². The number of nitrogens with one attached hydrogen (secondary N) is 2. The van der Waals surface area contributed by atoms with Crippen molar-refractivity contribution in [1.29, 1.82) is 0 Å². The number of H-pyrrole nitrogens is 1. The number of aryl methyl sites for hydroxylation is 1. The molecule has 1 amide bonds. The molecule has 0 bridgehead atoms. The summed E-state index contributed by atoms with van der Waals surface area (Å²) in [6.45, 7) is 0. The lowest BCUT2D eigenvalue weighted by molar-refractivity contribution is -0.0196. The molecule has 6 rings (SSSR count). The Kier molecular flexibility index (Phi) is 3.84. The van der Waals surface area contributed by atoms with E-state index in [0.717, 1.165) is 47.7 Å². The van der Waals surface area contributed by atoms with Crippen LogP contribution in [0.25, 0.3) is 21.7 Å². The third kappa shape index (κ3) is 2.87. The Bertz CT molecular complexity index is 1390. The number of benzene rings is 2. The Labute approximate surface area is 178 Å². The van der Waals surface area contributed by atoms with E-state index in [2.05, 4.69) is 20.6 Å². The summed E-state index contributed by atoms with van der Waals surface area (Å²) < 4.78 is 1.79. The lowest BCUT2D eigenvalue weighted by atomic mass is 9.49. The molecule has 0 unspecified atom stereocenters. The molecule has 2 aromatic carbocycles. The fourth-order valence-electron chi connectivity index (χ4n) is 5.60. The molecule has 2 heterocycles. The van der Waals surface area contributed by atoms with Crippen LogP contribution in [0.15, 0.2) is 53.5 Å². The molecule has 2 aliphatic rings. The first kappa shape index (κ1) is 18.3. The number of carbonyl (C=O) groups is 1. The van der Waals surface area contributed by atoms with Crippen molar-refractivity contribution in [2.24, 2.45) is 12.5 Å². The predicted octanol–water partition coefficient (Wildman–Crippen LogP) is 3.27. The molecule has 2 N–H and O–H groups in total. The zero-order chi connectivity index (χ0) is 21.2. The third-order valence-electron chi connectivity index (χ3n) is 7.18. The molecule has 2 saturated carbocycles. The zero-order valence-electron chi connectivity index (χ0n) is 17.3. The Morgan fingerprint density at radius 1 is 1.13 bits per heavy atom. The van der Waals surface area contributed by atoms with Gasteiger partial charge in [0.15, 0.2) is 0 Å². The normalized spacial score (nSPS) is 24.8. The monoisotopic (exact) mass is 413 g/mol. The van der Waals surface area contributed by atoms with Crippen LogP contribution in [0.3, 0.4) is 0 Å². The molecule has 7 heteroatoms. The summed E-state index contributed by atoms with van der Waals surface area (Å²) in [4.78, 5) is 24.8. The van der Waals surface area contributed by atoms with E-state index in [-0.39, 0.29) is 17.5 Å². The lowest BCUT2D eigenvalue weighted by Crippen LogP contribution is -2.55. The van der Waals surface area contributed by atoms with Gasteiger partial charge in [0, 0.05) is 35.3 Å². The van der Waals surface area contributed by atoms with E-state index in [0.29, 0.717) is 22.3 Å². The highest BCUT2D eigenvalue weighted by Crippen LogP contribution is 2.62. The lowest BCUT2D eigenvalue weighted by Gasteiger charge is -2.57. The number of amides is 1. The summed E-state index contributed by atoms with van der Waals surface area (Å²) in [6.07, 6.45) is 5.93. The number of hydrogen-bond donors (Lipinski definition) is 2. The van der Waals surface area contributed by atoms with Gasteiger partial charge in [-0.25, -0.2) is 5.10 Å². The van der Waals surface area contributed by atoms with Crippen LogP contribution in [0, 0.1) is 5.41 Å². The number of nitrogens with zero attached hydrogens (tertiary/aromatic N) is 3. The predicted molar refractivity (Wildman–Crippen MR) is 118 cm³/mol. The molecular weight excluding hydrogens is 390 g/mol. The molecule has 31 heavy (non-hydrogen) atoms. The summed E-state index contributed by atoms with van der Waals surface area (Å²) >= 11 is 0. The van der Waals surface area contributed by atoms with Gasteiger partial charge in [0.05, 0.1) is 22.8 Å². The fourth-order valence-corrected chi connectivity index (χ4v) is 5.60. The molecule has 0 saturated heterocycles. The van der Waals surface area contributed by atoms with Crippen molar-refractivity contribution in [2.75, 3.05) is 0 Å². The van der Waals surface area contributed by atoms with Crippen LogP contribution in [-0.2, 0) is 7.05 Å². The van der Waals surface area contributed by atoms with Gasteiger partial charge in [-0.05, 0) is 49.3 Å². The molecule has 0 atom stereocenters. The Balaban J connectivity index is 1.11. The average Bonchev–Trinajstić information content (AvgIpc) is 3.10. The van der Waals surface area contributed by atoms with Crippen molar-refractivity contribution in [3.05, 3.63) is 70.3 Å². The van der Waals surface area contributed by atoms with Gasteiger partial charge in [0.1, 0.15) is 0 Å². The van der Waals surface area contributed by atoms with Crippen molar-refractivity contribution in [3.8, 4) is 0 Å². The molecule has 0 aliphatic heterocycles. The Morgan fingerprint density at radius 3 is 2.71 bits per heavy atom. The molecule has 2 aromatic heterocycles. The van der Waals surface area contributed by atoms with Crippen LogP contribution in [0.5, 0.6) is 0 Å². The van der Waals surface area contributed by atoms with Crippen LogP contribution in [0.2, 0.25) is 0 Å². The van der Waals surface area contributed by atoms with Crippen LogP contribution in [-0.4, -0.2) is 31.9 Å². The number of aromatic nitrogens is 4. The van der Waals surface area contributed by atoms with Crippen molar-refractivity contribution >= 4 is 27.6 Å². The summed E-state index contributed by atoms with van der Waals surface area (Å²) in [5, 5.41) is 17.2. The first-order valence-corrected chi connectivity index (χ1v) is 10.7. The first-order chi connectivity index (χ1) is 15.0. The molecule has 2 fully saturated rings. The third-order valence-corrected chi connectivity index (χ3v) is 7.18. The van der Waals surface area contributed by atoms with Crippen molar-refractivity contribution < 1.29 is 4.79 Å². The minimum absolute atomic E-state index is 0.0212. The van der Waals surface area contributed by atoms with Gasteiger partial charge in [-0.15, -0.1) is 0 Å². The van der Waals surface area contributed by atoms with E-state index >= 15 is 0 Å². The van der Waals surface area contributed by atoms with Crippen molar-refractivity contribution in [1.82, 2.24) is 25.3 Å². The number of aromatic amines is 1. The number of fused-ring (bicyclic) bond motifs is 2. The largest absolute Gasteiger partial charge is 0.349 e. The number of hydrogen-bond acceptors (Lipinski definition) is 4. The zero-order valence-corrected chi connectivity index (χ0v) is 17.3. The van der Waals surface area contributed by atoms with E-state index in [1.807, 2.05) is 49.5 Å². The molecule has 1 spiro atoms. The molecule has 2 aliphatic carbocycles. The number of carbonyl (C=O) groups excluding carboxylic acids is 1. The van der Waals surface area contributed by atoms with E-state index in [1.165, 1.54) is 0 Å². The standard InChI is InChI=1S/C24H23N5O2/c1-29-20-8-14(6-7-15(20)13-25-29)22(30)26-17-11-24(12-17)9-16(10-24)21-18-4-2-3-5-19(18)23(31)28-27-21/h2-8,13,16-17H,9-12H2,1H3,(H,26,30)(H,28,31). The first-order valence-electron chi connectivity index (χ1n) is 10.7. The second-order valence-corrected chi connectivity index (χ2v) is 9.21. The highest BCUT2D eigenvalue weighted by atomic mass is 16.1.